The summed E-state index contributed by atoms with van der Waals surface area (Å²) >= 11 is 0. The Bertz CT molecular complexity index is 1200. The molecule has 0 saturated carbocycles. The average Bonchev–Trinajstić information content (AvgIpc) is 3.08. The van der Waals surface area contributed by atoms with Gasteiger partial charge < -0.3 is 5.32 Å². The highest BCUT2D eigenvalue weighted by atomic mass is 32.2. The lowest BCUT2D eigenvalue weighted by Crippen LogP contribution is -2.27. The first-order valence-electron chi connectivity index (χ1n) is 9.53. The maximum absolute atomic E-state index is 12.7. The lowest BCUT2D eigenvalue weighted by atomic mass is 9.91. The van der Waals surface area contributed by atoms with Crippen molar-refractivity contribution < 1.29 is 13.2 Å². The maximum atomic E-state index is 12.7. The Morgan fingerprint density at radius 1 is 0.967 bits per heavy atom. The molecule has 0 spiro atoms. The third-order valence-electron chi connectivity index (χ3n) is 4.99. The van der Waals surface area contributed by atoms with Crippen molar-refractivity contribution in [3.8, 4) is 0 Å². The van der Waals surface area contributed by atoms with E-state index >= 15 is 0 Å². The van der Waals surface area contributed by atoms with Gasteiger partial charge in [0.1, 0.15) is 5.92 Å². The summed E-state index contributed by atoms with van der Waals surface area (Å²) in [6, 6.07) is 23.4. The van der Waals surface area contributed by atoms with Gasteiger partial charge in [0, 0.05) is 12.1 Å². The molecule has 1 aliphatic rings. The van der Waals surface area contributed by atoms with Gasteiger partial charge in [0.15, 0.2) is 0 Å². The molecule has 0 radical (unpaired) electrons. The Hall–Kier alpha value is -3.45. The molecule has 1 heterocycles. The zero-order valence-electron chi connectivity index (χ0n) is 16.4. The highest BCUT2D eigenvalue weighted by molar-refractivity contribution is 7.89. The van der Waals surface area contributed by atoms with Crippen LogP contribution in [0.2, 0.25) is 0 Å². The molecule has 3 aromatic rings. The van der Waals surface area contributed by atoms with Crippen LogP contribution >= 0.6 is 0 Å². The van der Waals surface area contributed by atoms with Gasteiger partial charge in [-0.05, 0) is 36.2 Å². The number of nitrogens with zero attached hydrogens (tertiary/aromatic N) is 1. The van der Waals surface area contributed by atoms with E-state index in [-0.39, 0.29) is 10.8 Å². The van der Waals surface area contributed by atoms with Crippen molar-refractivity contribution in [1.82, 2.24) is 4.83 Å². The molecule has 0 bridgehead atoms. The van der Waals surface area contributed by atoms with Crippen molar-refractivity contribution in [3.05, 3.63) is 95.6 Å². The third-order valence-corrected chi connectivity index (χ3v) is 6.22. The molecule has 30 heavy (non-hydrogen) atoms. The van der Waals surface area contributed by atoms with Crippen molar-refractivity contribution in [2.75, 3.05) is 5.32 Å². The summed E-state index contributed by atoms with van der Waals surface area (Å²) in [4.78, 5) is 15.2. The largest absolute Gasteiger partial charge is 0.325 e. The number of carbonyl (C=O) groups is 1. The Morgan fingerprint density at radius 2 is 1.63 bits per heavy atom. The number of aryl methyl sites for hydroxylation is 1. The molecular formula is C23H21N3O3S. The van der Waals surface area contributed by atoms with Crippen LogP contribution < -0.4 is 10.1 Å². The molecule has 1 aliphatic heterocycles. The van der Waals surface area contributed by atoms with Crippen LogP contribution in [-0.2, 0) is 21.2 Å². The number of anilines is 1. The fourth-order valence-electron chi connectivity index (χ4n) is 3.44. The number of benzene rings is 3. The third kappa shape index (κ3) is 4.11. The van der Waals surface area contributed by atoms with Crippen LogP contribution in [0.3, 0.4) is 0 Å². The number of hydrazone groups is 1. The predicted octanol–water partition coefficient (Wildman–Crippen LogP) is 3.61. The molecule has 1 unspecified atom stereocenters. The fourth-order valence-corrected chi connectivity index (χ4v) is 4.28. The van der Waals surface area contributed by atoms with Gasteiger partial charge in [-0.1, -0.05) is 66.2 Å². The topological polar surface area (TPSA) is 87.6 Å². The van der Waals surface area contributed by atoms with E-state index in [4.69, 9.17) is 0 Å². The number of nitrogens with one attached hydrogen (secondary N) is 2. The molecule has 1 atom stereocenters. The summed E-state index contributed by atoms with van der Waals surface area (Å²) in [7, 11) is -3.86. The monoisotopic (exact) mass is 419 g/mol. The number of carbonyl (C=O) groups excluding carboxylic acids is 1. The maximum Gasteiger partial charge on any atom is 0.276 e. The van der Waals surface area contributed by atoms with E-state index in [9.17, 15) is 13.2 Å². The number of para-hydroxylation sites is 1. The number of fused-ring (bicyclic) bond motifs is 1. The minimum atomic E-state index is -3.86. The second-order valence-electron chi connectivity index (χ2n) is 7.18. The van der Waals surface area contributed by atoms with Gasteiger partial charge in [-0.3, -0.25) is 4.79 Å². The molecule has 152 valence electrons. The normalized spacial score (nSPS) is 16.1. The second kappa shape index (κ2) is 8.12. The van der Waals surface area contributed by atoms with E-state index < -0.39 is 15.9 Å². The molecule has 7 heteroatoms. The smallest absolute Gasteiger partial charge is 0.276 e. The van der Waals surface area contributed by atoms with E-state index in [0.29, 0.717) is 12.1 Å². The quantitative estimate of drug-likeness (QED) is 0.473. The zero-order chi connectivity index (χ0) is 21.1. The Kier molecular flexibility index (Phi) is 5.37. The summed E-state index contributed by atoms with van der Waals surface area (Å²) in [6.07, 6.45) is 0.337. The number of hydrogen-bond acceptors (Lipinski definition) is 4. The summed E-state index contributed by atoms with van der Waals surface area (Å²) in [5.41, 5.74) is 3.82. The molecule has 0 saturated heterocycles. The van der Waals surface area contributed by atoms with Crippen LogP contribution in [0.15, 0.2) is 88.9 Å². The molecule has 0 aliphatic carbocycles. The minimum Gasteiger partial charge on any atom is -0.325 e. The number of hydrogen-bond donors (Lipinski definition) is 2. The number of amides is 1. The van der Waals surface area contributed by atoms with Gasteiger partial charge in [0.25, 0.3) is 10.0 Å². The van der Waals surface area contributed by atoms with Gasteiger partial charge in [-0.15, -0.1) is 0 Å². The highest BCUT2D eigenvalue weighted by Crippen LogP contribution is 2.34. The van der Waals surface area contributed by atoms with Crippen LogP contribution in [-0.4, -0.2) is 20.0 Å². The van der Waals surface area contributed by atoms with E-state index in [1.807, 2.05) is 61.5 Å². The number of sulfonamides is 1. The SMILES string of the molecule is Cc1ccc(S(=O)(=O)N/N=C(/Cc2ccccc2)C2C(=O)Nc3ccccc32)cc1. The molecular weight excluding hydrogens is 398 g/mol. The van der Waals surface area contributed by atoms with Gasteiger partial charge >= 0.3 is 0 Å². The summed E-state index contributed by atoms with van der Waals surface area (Å²) in [6.45, 7) is 1.89. The van der Waals surface area contributed by atoms with E-state index in [1.54, 1.807) is 12.1 Å². The minimum absolute atomic E-state index is 0.118. The first-order chi connectivity index (χ1) is 14.4. The Morgan fingerprint density at radius 3 is 2.37 bits per heavy atom. The van der Waals surface area contributed by atoms with Crippen molar-refractivity contribution in [1.29, 1.82) is 0 Å². The van der Waals surface area contributed by atoms with E-state index in [2.05, 4.69) is 15.2 Å². The van der Waals surface area contributed by atoms with Gasteiger partial charge in [0.05, 0.1) is 10.6 Å². The number of rotatable bonds is 6. The fraction of sp³-hybridized carbons (Fsp3) is 0.130. The molecule has 2 N–H and O–H groups in total. The Labute approximate surface area is 175 Å². The average molecular weight is 420 g/mol. The first kappa shape index (κ1) is 19.8. The van der Waals surface area contributed by atoms with Gasteiger partial charge in [-0.2, -0.15) is 13.5 Å². The van der Waals surface area contributed by atoms with Crippen LogP contribution in [0.5, 0.6) is 0 Å². The van der Waals surface area contributed by atoms with Crippen molar-refractivity contribution >= 4 is 27.3 Å². The first-order valence-corrected chi connectivity index (χ1v) is 11.0. The van der Waals surface area contributed by atoms with Crippen LogP contribution in [0.4, 0.5) is 5.69 Å². The van der Waals surface area contributed by atoms with Crippen molar-refractivity contribution in [3.63, 3.8) is 0 Å². The Balaban J connectivity index is 1.70. The highest BCUT2D eigenvalue weighted by Gasteiger charge is 2.34. The molecule has 0 aromatic heterocycles. The molecule has 6 nitrogen and oxygen atoms in total. The predicted molar refractivity (Wildman–Crippen MR) is 117 cm³/mol. The lowest BCUT2D eigenvalue weighted by molar-refractivity contribution is -0.115. The zero-order valence-corrected chi connectivity index (χ0v) is 17.2. The van der Waals surface area contributed by atoms with Crippen LogP contribution in [0, 0.1) is 6.92 Å². The standard InChI is InChI=1S/C23H21N3O3S/c1-16-11-13-18(14-12-16)30(28,29)26-25-21(15-17-7-3-2-4-8-17)22-19-9-5-6-10-20(19)24-23(22)27/h2-14,22,26H,15H2,1H3,(H,24,27)/b25-21-. The summed E-state index contributed by atoms with van der Waals surface area (Å²) in [5, 5.41) is 7.09. The van der Waals surface area contributed by atoms with E-state index in [0.717, 1.165) is 22.4 Å². The summed E-state index contributed by atoms with van der Waals surface area (Å²) < 4.78 is 25.4. The molecule has 4 rings (SSSR count). The summed E-state index contributed by atoms with van der Waals surface area (Å²) in [5.74, 6) is -0.887. The van der Waals surface area contributed by atoms with Gasteiger partial charge in [0.2, 0.25) is 5.91 Å². The van der Waals surface area contributed by atoms with Crippen LogP contribution in [0.25, 0.3) is 0 Å². The molecule has 0 fully saturated rings. The van der Waals surface area contributed by atoms with Crippen LogP contribution in [0.1, 0.15) is 22.6 Å². The van der Waals surface area contributed by atoms with Crippen molar-refractivity contribution in [2.24, 2.45) is 5.10 Å². The molecule has 1 amide bonds. The lowest BCUT2D eigenvalue weighted by Gasteiger charge is -2.14. The van der Waals surface area contributed by atoms with E-state index in [1.165, 1.54) is 12.1 Å². The van der Waals surface area contributed by atoms with Crippen molar-refractivity contribution in [2.45, 2.75) is 24.2 Å². The van der Waals surface area contributed by atoms with Gasteiger partial charge in [-0.25, -0.2) is 4.83 Å². The second-order valence-corrected chi connectivity index (χ2v) is 8.84. The molecule has 3 aromatic carbocycles.